The third kappa shape index (κ3) is 2.43. The first-order valence-corrected chi connectivity index (χ1v) is 6.29. The zero-order valence-corrected chi connectivity index (χ0v) is 10.7. The number of rotatable bonds is 3. The van der Waals surface area contributed by atoms with E-state index in [1.807, 2.05) is 36.4 Å². The lowest BCUT2D eigenvalue weighted by Crippen LogP contribution is -2.02. The van der Waals surface area contributed by atoms with E-state index in [2.05, 4.69) is 21.4 Å². The lowest BCUT2D eigenvalue weighted by molar-refractivity contribution is 1.09. The molecule has 4 nitrogen and oxygen atoms in total. The Kier molecular flexibility index (Phi) is 3.25. The zero-order chi connectivity index (χ0) is 13.8. The number of nitrogens with one attached hydrogen (secondary N) is 1. The maximum atomic E-state index is 9.23. The zero-order valence-electron chi connectivity index (χ0n) is 10.7. The van der Waals surface area contributed by atoms with Crippen LogP contribution in [0.4, 0.5) is 5.82 Å². The molecule has 0 amide bonds. The average molecular weight is 260 g/mol. The van der Waals surface area contributed by atoms with Gasteiger partial charge in [-0.25, -0.2) is 4.98 Å². The lowest BCUT2D eigenvalue weighted by atomic mass is 10.1. The molecule has 96 valence electrons. The second-order valence-electron chi connectivity index (χ2n) is 4.40. The molecule has 3 aromatic rings. The van der Waals surface area contributed by atoms with E-state index in [1.54, 1.807) is 18.5 Å². The number of benzene rings is 1. The summed E-state index contributed by atoms with van der Waals surface area (Å²) in [6.07, 6.45) is 3.55. The molecule has 0 bridgehead atoms. The molecule has 0 aliphatic rings. The molecule has 20 heavy (non-hydrogen) atoms. The summed E-state index contributed by atoms with van der Waals surface area (Å²) in [6, 6.07) is 15.5. The Bertz CT molecular complexity index is 775. The molecule has 0 saturated heterocycles. The summed E-state index contributed by atoms with van der Waals surface area (Å²) in [7, 11) is 0. The second kappa shape index (κ2) is 5.37. The van der Waals surface area contributed by atoms with Crippen LogP contribution in [0.5, 0.6) is 0 Å². The summed E-state index contributed by atoms with van der Waals surface area (Å²) in [5.41, 5.74) is 2.52. The van der Waals surface area contributed by atoms with E-state index in [-0.39, 0.29) is 0 Å². The quantitative estimate of drug-likeness (QED) is 0.786. The molecule has 0 saturated carbocycles. The van der Waals surface area contributed by atoms with Crippen LogP contribution >= 0.6 is 0 Å². The Morgan fingerprint density at radius 2 is 2.05 bits per heavy atom. The fraction of sp³-hybridized carbons (Fsp3) is 0.0625. The van der Waals surface area contributed by atoms with E-state index in [0.717, 1.165) is 16.5 Å². The van der Waals surface area contributed by atoms with Crippen LogP contribution in [-0.4, -0.2) is 9.97 Å². The number of hydrogen-bond acceptors (Lipinski definition) is 4. The molecule has 1 aromatic carbocycles. The third-order valence-electron chi connectivity index (χ3n) is 3.03. The van der Waals surface area contributed by atoms with Crippen LogP contribution in [0.2, 0.25) is 0 Å². The van der Waals surface area contributed by atoms with E-state index in [1.165, 1.54) is 0 Å². The van der Waals surface area contributed by atoms with Gasteiger partial charge in [-0.15, -0.1) is 0 Å². The van der Waals surface area contributed by atoms with Crippen LogP contribution in [0.3, 0.4) is 0 Å². The number of para-hydroxylation sites is 1. The van der Waals surface area contributed by atoms with Crippen molar-refractivity contribution in [1.82, 2.24) is 9.97 Å². The van der Waals surface area contributed by atoms with E-state index in [4.69, 9.17) is 0 Å². The van der Waals surface area contributed by atoms with Gasteiger partial charge in [0.2, 0.25) is 0 Å². The van der Waals surface area contributed by atoms with Gasteiger partial charge in [0.15, 0.2) is 0 Å². The van der Waals surface area contributed by atoms with Gasteiger partial charge in [-0.3, -0.25) is 4.98 Å². The minimum Gasteiger partial charge on any atom is -0.366 e. The first kappa shape index (κ1) is 12.1. The number of hydrogen-bond donors (Lipinski definition) is 1. The summed E-state index contributed by atoms with van der Waals surface area (Å²) in [6.45, 7) is 0.629. The molecule has 0 atom stereocenters. The summed E-state index contributed by atoms with van der Waals surface area (Å²) < 4.78 is 0. The predicted molar refractivity (Wildman–Crippen MR) is 78.0 cm³/mol. The Hall–Kier alpha value is -2.93. The molecule has 1 N–H and O–H groups in total. The van der Waals surface area contributed by atoms with Crippen molar-refractivity contribution in [2.75, 3.05) is 5.32 Å². The maximum absolute atomic E-state index is 9.23. The first-order chi connectivity index (χ1) is 9.86. The fourth-order valence-corrected chi connectivity index (χ4v) is 2.05. The van der Waals surface area contributed by atoms with Crippen LogP contribution in [0.1, 0.15) is 11.1 Å². The van der Waals surface area contributed by atoms with E-state index in [9.17, 15) is 5.26 Å². The van der Waals surface area contributed by atoms with Crippen molar-refractivity contribution in [1.29, 1.82) is 5.26 Å². The lowest BCUT2D eigenvalue weighted by Gasteiger charge is -2.07. The largest absolute Gasteiger partial charge is 0.366 e. The molecule has 2 heterocycles. The topological polar surface area (TPSA) is 61.6 Å². The molecular formula is C16H12N4. The van der Waals surface area contributed by atoms with Gasteiger partial charge in [0.25, 0.3) is 0 Å². The highest BCUT2D eigenvalue weighted by atomic mass is 15.0. The summed E-state index contributed by atoms with van der Waals surface area (Å²) in [5.74, 6) is 0.698. The summed E-state index contributed by atoms with van der Waals surface area (Å²) in [4.78, 5) is 8.58. The molecule has 4 heteroatoms. The standard InChI is InChI=1S/C16H12N4/c17-9-13-8-16(19-11-12-4-3-7-18-10-12)20-15-6-2-1-5-14(13)15/h1-8,10H,11H2,(H,19,20). The van der Waals surface area contributed by atoms with Gasteiger partial charge in [-0.05, 0) is 23.8 Å². The minimum atomic E-state index is 0.629. The van der Waals surface area contributed by atoms with Gasteiger partial charge in [-0.2, -0.15) is 5.26 Å². The van der Waals surface area contributed by atoms with Gasteiger partial charge < -0.3 is 5.32 Å². The molecule has 0 spiro atoms. The molecule has 0 aliphatic carbocycles. The van der Waals surface area contributed by atoms with Crippen LogP contribution in [0, 0.1) is 11.3 Å². The highest BCUT2D eigenvalue weighted by Gasteiger charge is 2.04. The van der Waals surface area contributed by atoms with Crippen molar-refractivity contribution in [3.05, 3.63) is 66.0 Å². The highest BCUT2D eigenvalue weighted by molar-refractivity contribution is 5.86. The van der Waals surface area contributed by atoms with Gasteiger partial charge in [0, 0.05) is 24.3 Å². The number of anilines is 1. The van der Waals surface area contributed by atoms with Crippen molar-refractivity contribution >= 4 is 16.7 Å². The Morgan fingerprint density at radius 3 is 2.85 bits per heavy atom. The average Bonchev–Trinajstić information content (AvgIpc) is 2.53. The van der Waals surface area contributed by atoms with Crippen molar-refractivity contribution in [2.24, 2.45) is 0 Å². The second-order valence-corrected chi connectivity index (χ2v) is 4.40. The monoisotopic (exact) mass is 260 g/mol. The highest BCUT2D eigenvalue weighted by Crippen LogP contribution is 2.20. The van der Waals surface area contributed by atoms with Crippen LogP contribution < -0.4 is 5.32 Å². The predicted octanol–water partition coefficient (Wildman–Crippen LogP) is 3.11. The van der Waals surface area contributed by atoms with Gasteiger partial charge in [-0.1, -0.05) is 24.3 Å². The van der Waals surface area contributed by atoms with Gasteiger partial charge >= 0.3 is 0 Å². The SMILES string of the molecule is N#Cc1cc(NCc2cccnc2)nc2ccccc12. The summed E-state index contributed by atoms with van der Waals surface area (Å²) in [5, 5.41) is 13.3. The van der Waals surface area contributed by atoms with Crippen molar-refractivity contribution in [2.45, 2.75) is 6.54 Å². The van der Waals surface area contributed by atoms with E-state index in [0.29, 0.717) is 17.9 Å². The van der Waals surface area contributed by atoms with Crippen molar-refractivity contribution < 1.29 is 0 Å². The minimum absolute atomic E-state index is 0.629. The molecule has 2 aromatic heterocycles. The number of pyridine rings is 2. The number of nitriles is 1. The molecular weight excluding hydrogens is 248 g/mol. The fourth-order valence-electron chi connectivity index (χ4n) is 2.05. The Balaban J connectivity index is 1.91. The summed E-state index contributed by atoms with van der Waals surface area (Å²) >= 11 is 0. The number of aromatic nitrogens is 2. The molecule has 0 unspecified atom stereocenters. The van der Waals surface area contributed by atoms with Gasteiger partial charge in [0.05, 0.1) is 17.1 Å². The van der Waals surface area contributed by atoms with Crippen molar-refractivity contribution in [3.8, 4) is 6.07 Å². The smallest absolute Gasteiger partial charge is 0.128 e. The molecule has 0 radical (unpaired) electrons. The van der Waals surface area contributed by atoms with Crippen LogP contribution in [0.25, 0.3) is 10.9 Å². The molecule has 0 aliphatic heterocycles. The molecule has 0 fully saturated rings. The van der Waals surface area contributed by atoms with Crippen LogP contribution in [-0.2, 0) is 6.54 Å². The van der Waals surface area contributed by atoms with Crippen molar-refractivity contribution in [3.63, 3.8) is 0 Å². The van der Waals surface area contributed by atoms with E-state index >= 15 is 0 Å². The third-order valence-corrected chi connectivity index (χ3v) is 3.03. The van der Waals surface area contributed by atoms with E-state index < -0.39 is 0 Å². The Morgan fingerprint density at radius 1 is 1.15 bits per heavy atom. The van der Waals surface area contributed by atoms with Gasteiger partial charge in [0.1, 0.15) is 5.82 Å². The normalized spacial score (nSPS) is 10.2. The maximum Gasteiger partial charge on any atom is 0.128 e. The van der Waals surface area contributed by atoms with Crippen LogP contribution in [0.15, 0.2) is 54.9 Å². The number of fused-ring (bicyclic) bond motifs is 1. The Labute approximate surface area is 116 Å². The first-order valence-electron chi connectivity index (χ1n) is 6.29. The molecule has 3 rings (SSSR count). The number of nitrogens with zero attached hydrogens (tertiary/aromatic N) is 3.